The summed E-state index contributed by atoms with van der Waals surface area (Å²) in [5.41, 5.74) is 4.26. The van der Waals surface area contributed by atoms with Crippen LogP contribution >= 0.6 is 23.2 Å². The first-order chi connectivity index (χ1) is 22.5. The summed E-state index contributed by atoms with van der Waals surface area (Å²) in [4.78, 5) is 0. The monoisotopic (exact) mass is 752 g/mol. The van der Waals surface area contributed by atoms with Gasteiger partial charge >= 0.3 is 35.9 Å². The molecule has 0 heterocycles. The third kappa shape index (κ3) is 6.58. The molecule has 5 nitrogen and oxygen atoms in total. The van der Waals surface area contributed by atoms with Gasteiger partial charge in [-0.1, -0.05) is 59.6 Å². The Morgan fingerprint density at radius 1 is 0.449 bits per heavy atom. The summed E-state index contributed by atoms with van der Waals surface area (Å²) in [5.74, 6) is -28.7. The number of hydrogen-bond donors (Lipinski definition) is 2. The number of nitrogens with two attached hydrogens (primary N) is 2. The number of nitrogen functional groups attached to an aromatic ring is 2. The third-order valence-corrected chi connectivity index (χ3v) is 7.53. The molecule has 0 amide bonds. The van der Waals surface area contributed by atoms with Crippen molar-refractivity contribution < 1.29 is 66.9 Å². The van der Waals surface area contributed by atoms with Crippen LogP contribution in [0, 0.1) is 0 Å². The van der Waals surface area contributed by atoms with Crippen LogP contribution in [-0.2, 0) is 16.6 Å². The molecule has 4 aromatic carbocycles. The number of halogens is 14. The molecule has 19 heteroatoms. The fourth-order valence-corrected chi connectivity index (χ4v) is 4.73. The minimum absolute atomic E-state index is 0.0168. The van der Waals surface area contributed by atoms with Crippen molar-refractivity contribution in [3.63, 3.8) is 0 Å². The maximum absolute atomic E-state index is 15.7. The highest BCUT2D eigenvalue weighted by Gasteiger charge is 2.84. The van der Waals surface area contributed by atoms with Crippen molar-refractivity contribution in [1.82, 2.24) is 0 Å². The summed E-state index contributed by atoms with van der Waals surface area (Å²) in [6, 6.07) is 14.7. The maximum Gasteiger partial charge on any atom is 0.455 e. The lowest BCUT2D eigenvalue weighted by atomic mass is 9.96. The quantitative estimate of drug-likeness (QED) is 0.125. The Bertz CT molecular complexity index is 1680. The summed E-state index contributed by atoms with van der Waals surface area (Å²) in [5, 5.41) is -3.28. The summed E-state index contributed by atoms with van der Waals surface area (Å²) in [6.07, 6.45) is -14.7. The van der Waals surface area contributed by atoms with Crippen LogP contribution in [0.5, 0.6) is 23.0 Å². The molecule has 2 unspecified atom stereocenters. The zero-order valence-electron chi connectivity index (χ0n) is 23.8. The number of ether oxygens (including phenoxy) is 3. The molecular formula is C30H18Cl2F12N2O3. The van der Waals surface area contributed by atoms with Crippen LogP contribution in [0.2, 0.25) is 10.0 Å². The van der Waals surface area contributed by atoms with Crippen molar-refractivity contribution in [2.24, 2.45) is 0 Å². The number of hydrogen-bond acceptors (Lipinski definition) is 5. The molecule has 4 rings (SSSR count). The van der Waals surface area contributed by atoms with E-state index in [1.807, 2.05) is 0 Å². The fraction of sp³-hybridized carbons (Fsp3) is 0.200. The van der Waals surface area contributed by atoms with Gasteiger partial charge in [-0.3, -0.25) is 4.74 Å². The molecule has 0 aliphatic rings. The zero-order valence-corrected chi connectivity index (χ0v) is 25.3. The minimum Gasteiger partial charge on any atom is -0.455 e. The second-order valence-corrected chi connectivity index (χ2v) is 10.7. The number of rotatable bonds is 10. The van der Waals surface area contributed by atoms with Gasteiger partial charge in [0.1, 0.15) is 11.5 Å². The summed E-state index contributed by atoms with van der Waals surface area (Å²) in [7, 11) is 0. The van der Waals surface area contributed by atoms with E-state index in [9.17, 15) is 26.3 Å². The van der Waals surface area contributed by atoms with E-state index in [2.05, 4.69) is 4.74 Å². The fourth-order valence-electron chi connectivity index (χ4n) is 4.18. The summed E-state index contributed by atoms with van der Waals surface area (Å²) >= 11 is 11.4. The van der Waals surface area contributed by atoms with Crippen LogP contribution in [0.1, 0.15) is 11.1 Å². The van der Waals surface area contributed by atoms with E-state index in [0.29, 0.717) is 12.1 Å². The van der Waals surface area contributed by atoms with Crippen molar-refractivity contribution in [1.29, 1.82) is 0 Å². The molecule has 0 bridgehead atoms. The average Bonchev–Trinajstić information content (AvgIpc) is 3.01. The van der Waals surface area contributed by atoms with Gasteiger partial charge in [0.15, 0.2) is 11.5 Å². The summed E-state index contributed by atoms with van der Waals surface area (Å²) in [6.45, 7) is 0. The van der Waals surface area contributed by atoms with E-state index < -0.39 is 80.0 Å². The van der Waals surface area contributed by atoms with Gasteiger partial charge < -0.3 is 20.9 Å². The van der Waals surface area contributed by atoms with Crippen molar-refractivity contribution in [3.8, 4) is 23.0 Å². The molecule has 49 heavy (non-hydrogen) atoms. The molecule has 4 N–H and O–H groups in total. The largest absolute Gasteiger partial charge is 0.455 e. The Morgan fingerprint density at radius 3 is 1.04 bits per heavy atom. The SMILES string of the molecule is Nc1c(Oc2ccccc2)ccc(C(F)(F)C(F)(OC(F)(C(F)(F)F)C(F)(F)c2ccc(Oc3ccccc3)c(N)c2Cl)C(F)(F)F)c1Cl. The Kier molecular flexibility index (Phi) is 9.91. The number of alkyl halides is 12. The van der Waals surface area contributed by atoms with Gasteiger partial charge in [-0.15, -0.1) is 0 Å². The lowest BCUT2D eigenvalue weighted by molar-refractivity contribution is -0.505. The van der Waals surface area contributed by atoms with Crippen molar-refractivity contribution in [3.05, 3.63) is 106 Å². The van der Waals surface area contributed by atoms with Crippen LogP contribution < -0.4 is 20.9 Å². The number of para-hydroxylation sites is 2. The number of anilines is 2. The Morgan fingerprint density at radius 2 is 0.755 bits per heavy atom. The van der Waals surface area contributed by atoms with Gasteiger partial charge in [-0.05, 0) is 48.5 Å². The van der Waals surface area contributed by atoms with E-state index in [0.717, 1.165) is 0 Å². The van der Waals surface area contributed by atoms with E-state index in [4.69, 9.17) is 44.1 Å². The maximum atomic E-state index is 15.7. The van der Waals surface area contributed by atoms with Crippen molar-refractivity contribution in [2.75, 3.05) is 11.5 Å². The smallest absolute Gasteiger partial charge is 0.455 e. The molecule has 0 aliphatic carbocycles. The summed E-state index contributed by atoms with van der Waals surface area (Å²) < 4.78 is 191. The predicted octanol–water partition coefficient (Wildman–Crippen LogP) is 11.1. The lowest BCUT2D eigenvalue weighted by Gasteiger charge is -2.42. The van der Waals surface area contributed by atoms with Crippen molar-refractivity contribution >= 4 is 34.6 Å². The molecule has 264 valence electrons. The molecule has 0 saturated heterocycles. The van der Waals surface area contributed by atoms with Crippen LogP contribution in [0.25, 0.3) is 0 Å². The topological polar surface area (TPSA) is 79.7 Å². The zero-order chi connectivity index (χ0) is 36.8. The van der Waals surface area contributed by atoms with Gasteiger partial charge in [0.05, 0.1) is 21.4 Å². The first-order valence-electron chi connectivity index (χ1n) is 13.1. The minimum atomic E-state index is -7.37. The molecule has 0 aromatic heterocycles. The molecular weight excluding hydrogens is 735 g/mol. The highest BCUT2D eigenvalue weighted by molar-refractivity contribution is 6.34. The molecule has 4 aromatic rings. The first-order valence-corrected chi connectivity index (χ1v) is 13.8. The highest BCUT2D eigenvalue weighted by atomic mass is 35.5. The van der Waals surface area contributed by atoms with E-state index >= 15 is 26.3 Å². The molecule has 0 spiro atoms. The van der Waals surface area contributed by atoms with Crippen LogP contribution in [0.3, 0.4) is 0 Å². The second-order valence-electron chi connectivity index (χ2n) is 9.94. The third-order valence-electron chi connectivity index (χ3n) is 6.72. The lowest BCUT2D eigenvalue weighted by Crippen LogP contribution is -2.66. The highest BCUT2D eigenvalue weighted by Crippen LogP contribution is 2.62. The van der Waals surface area contributed by atoms with Crippen LogP contribution in [0.4, 0.5) is 64.1 Å². The van der Waals surface area contributed by atoms with E-state index in [-0.39, 0.29) is 23.6 Å². The molecule has 0 radical (unpaired) electrons. The molecule has 2 atom stereocenters. The van der Waals surface area contributed by atoms with Gasteiger partial charge in [-0.2, -0.15) is 52.7 Å². The Balaban J connectivity index is 1.83. The predicted molar refractivity (Wildman–Crippen MR) is 153 cm³/mol. The van der Waals surface area contributed by atoms with Crippen LogP contribution in [-0.4, -0.2) is 24.1 Å². The molecule has 0 saturated carbocycles. The molecule has 0 fully saturated rings. The van der Waals surface area contributed by atoms with Gasteiger partial charge in [0.2, 0.25) is 0 Å². The average molecular weight is 753 g/mol. The Labute approximate surface area is 277 Å². The first kappa shape index (κ1) is 37.6. The van der Waals surface area contributed by atoms with Gasteiger partial charge in [0, 0.05) is 11.1 Å². The van der Waals surface area contributed by atoms with Crippen molar-refractivity contribution in [2.45, 2.75) is 35.9 Å². The standard InChI is InChI=1S/C30H18Cl2F12N2O3/c31-21-17(11-13-19(23(21)45)47-15-7-3-1-4-8-15)25(33,34)27(37,29(39,40)41)49-28(38,30(42,43)44)26(35,36)18-12-14-20(24(46)22(18)32)48-16-9-5-2-6-10-16/h1-14H,45-46H2. The normalized spacial score (nSPS) is 15.3. The van der Waals surface area contributed by atoms with Gasteiger partial charge in [-0.25, -0.2) is 0 Å². The number of benzene rings is 4. The van der Waals surface area contributed by atoms with E-state index in [1.165, 1.54) is 60.7 Å². The second kappa shape index (κ2) is 12.9. The van der Waals surface area contributed by atoms with Gasteiger partial charge in [0.25, 0.3) is 0 Å². The van der Waals surface area contributed by atoms with E-state index in [1.54, 1.807) is 0 Å². The Hall–Kier alpha value is -4.22. The van der Waals surface area contributed by atoms with Crippen LogP contribution in [0.15, 0.2) is 84.9 Å². The molecule has 0 aliphatic heterocycles.